The van der Waals surface area contributed by atoms with Crippen LogP contribution >= 0.6 is 0 Å². The molecule has 4 N–H and O–H groups in total. The number of benzene rings is 1. The molecule has 0 aliphatic carbocycles. The predicted octanol–water partition coefficient (Wildman–Crippen LogP) is -0.724. The average molecular weight is 377 g/mol. The third kappa shape index (κ3) is 7.31. The van der Waals surface area contributed by atoms with Crippen LogP contribution in [0, 0.1) is 0 Å². The van der Waals surface area contributed by atoms with Crippen LogP contribution in [-0.4, -0.2) is 57.1 Å². The molecular formula is C21H36N4O2+2. The van der Waals surface area contributed by atoms with Crippen molar-refractivity contribution in [1.82, 2.24) is 5.32 Å². The fourth-order valence-corrected chi connectivity index (χ4v) is 3.74. The molecular weight excluding hydrogens is 340 g/mol. The van der Waals surface area contributed by atoms with E-state index in [4.69, 9.17) is 0 Å². The van der Waals surface area contributed by atoms with Crippen LogP contribution in [0.5, 0.6) is 0 Å². The number of aryl methyl sites for hydroxylation is 1. The Kier molecular flexibility index (Phi) is 8.75. The highest BCUT2D eigenvalue weighted by Gasteiger charge is 2.26. The monoisotopic (exact) mass is 376 g/mol. The first-order valence-corrected chi connectivity index (χ1v) is 10.4. The van der Waals surface area contributed by atoms with Crippen LogP contribution in [0.2, 0.25) is 0 Å². The second-order valence-electron chi connectivity index (χ2n) is 7.67. The highest BCUT2D eigenvalue weighted by atomic mass is 16.2. The van der Waals surface area contributed by atoms with Crippen LogP contribution in [-0.2, 0) is 16.0 Å². The van der Waals surface area contributed by atoms with Crippen molar-refractivity contribution in [3.8, 4) is 0 Å². The summed E-state index contributed by atoms with van der Waals surface area (Å²) in [4.78, 5) is 27.1. The number of anilines is 1. The van der Waals surface area contributed by atoms with Crippen LogP contribution in [0.1, 0.15) is 39.2 Å². The van der Waals surface area contributed by atoms with Crippen LogP contribution in [0.25, 0.3) is 0 Å². The summed E-state index contributed by atoms with van der Waals surface area (Å²) < 4.78 is 0. The van der Waals surface area contributed by atoms with E-state index in [1.165, 1.54) is 15.4 Å². The lowest BCUT2D eigenvalue weighted by molar-refractivity contribution is -1.00. The number of piperazine rings is 1. The van der Waals surface area contributed by atoms with Crippen molar-refractivity contribution in [2.24, 2.45) is 0 Å². The predicted molar refractivity (Wildman–Crippen MR) is 108 cm³/mol. The Morgan fingerprint density at radius 3 is 2.19 bits per heavy atom. The molecule has 1 atom stereocenters. The molecule has 1 aromatic rings. The SMILES string of the molecule is CCC[C@H](C)NC(=O)C[NH+]1CC[NH+](CC(=O)Nc2ccccc2CC)CC1. The van der Waals surface area contributed by atoms with Gasteiger partial charge in [0.15, 0.2) is 13.1 Å². The molecule has 6 heteroatoms. The van der Waals surface area contributed by atoms with Crippen molar-refractivity contribution in [1.29, 1.82) is 0 Å². The smallest absolute Gasteiger partial charge is 0.279 e. The number of amides is 2. The Bertz CT molecular complexity index is 612. The lowest BCUT2D eigenvalue weighted by Gasteiger charge is -2.29. The molecule has 0 bridgehead atoms. The summed E-state index contributed by atoms with van der Waals surface area (Å²) in [7, 11) is 0. The zero-order valence-corrected chi connectivity index (χ0v) is 17.1. The molecule has 1 heterocycles. The molecule has 27 heavy (non-hydrogen) atoms. The van der Waals surface area contributed by atoms with E-state index < -0.39 is 0 Å². The Morgan fingerprint density at radius 2 is 1.59 bits per heavy atom. The van der Waals surface area contributed by atoms with E-state index in [1.807, 2.05) is 18.2 Å². The third-order valence-corrected chi connectivity index (χ3v) is 5.29. The van der Waals surface area contributed by atoms with Gasteiger partial charge in [-0.3, -0.25) is 9.59 Å². The van der Waals surface area contributed by atoms with Crippen molar-refractivity contribution >= 4 is 17.5 Å². The number of para-hydroxylation sites is 1. The first-order valence-electron chi connectivity index (χ1n) is 10.4. The molecule has 1 aliphatic heterocycles. The van der Waals surface area contributed by atoms with E-state index in [1.54, 1.807) is 0 Å². The molecule has 0 unspecified atom stereocenters. The Morgan fingerprint density at radius 1 is 1.00 bits per heavy atom. The van der Waals surface area contributed by atoms with Crippen molar-refractivity contribution in [2.75, 3.05) is 44.6 Å². The minimum absolute atomic E-state index is 0.0699. The molecule has 0 spiro atoms. The lowest BCUT2D eigenvalue weighted by Crippen LogP contribution is -3.28. The third-order valence-electron chi connectivity index (χ3n) is 5.29. The van der Waals surface area contributed by atoms with Gasteiger partial charge in [0, 0.05) is 11.7 Å². The topological polar surface area (TPSA) is 67.1 Å². The van der Waals surface area contributed by atoms with Crippen LogP contribution < -0.4 is 20.4 Å². The molecule has 0 saturated carbocycles. The van der Waals surface area contributed by atoms with Crippen molar-refractivity contribution in [3.63, 3.8) is 0 Å². The second-order valence-corrected chi connectivity index (χ2v) is 7.67. The molecule has 2 amide bonds. The largest absolute Gasteiger partial charge is 0.349 e. The fourth-order valence-electron chi connectivity index (χ4n) is 3.74. The van der Waals surface area contributed by atoms with Crippen molar-refractivity contribution < 1.29 is 19.4 Å². The highest BCUT2D eigenvalue weighted by molar-refractivity contribution is 5.92. The Labute approximate surface area is 163 Å². The van der Waals surface area contributed by atoms with Crippen LogP contribution in [0.3, 0.4) is 0 Å². The Balaban J connectivity index is 1.71. The summed E-state index contributed by atoms with van der Waals surface area (Å²) in [6.45, 7) is 11.0. The number of quaternary nitrogens is 2. The van der Waals surface area contributed by atoms with Crippen molar-refractivity contribution in [3.05, 3.63) is 29.8 Å². The van der Waals surface area contributed by atoms with Crippen LogP contribution in [0.4, 0.5) is 5.69 Å². The highest BCUT2D eigenvalue weighted by Crippen LogP contribution is 2.14. The van der Waals surface area contributed by atoms with Crippen LogP contribution in [0.15, 0.2) is 24.3 Å². The van der Waals surface area contributed by atoms with Gasteiger partial charge < -0.3 is 20.4 Å². The van der Waals surface area contributed by atoms with Gasteiger partial charge in [0.25, 0.3) is 11.8 Å². The fraction of sp³-hybridized carbons (Fsp3) is 0.619. The summed E-state index contributed by atoms with van der Waals surface area (Å²) in [6.07, 6.45) is 3.01. The zero-order valence-electron chi connectivity index (χ0n) is 17.1. The summed E-state index contributed by atoms with van der Waals surface area (Å²) in [5.41, 5.74) is 2.09. The van der Waals surface area contributed by atoms with Gasteiger partial charge in [0.05, 0.1) is 0 Å². The zero-order chi connectivity index (χ0) is 19.6. The van der Waals surface area contributed by atoms with Gasteiger partial charge in [-0.15, -0.1) is 0 Å². The second kappa shape index (κ2) is 11.0. The van der Waals surface area contributed by atoms with Crippen molar-refractivity contribution in [2.45, 2.75) is 46.1 Å². The van der Waals surface area contributed by atoms with Gasteiger partial charge in [0.2, 0.25) is 0 Å². The average Bonchev–Trinajstić information content (AvgIpc) is 2.64. The maximum atomic E-state index is 12.4. The van der Waals surface area contributed by atoms with E-state index in [0.29, 0.717) is 13.1 Å². The summed E-state index contributed by atoms with van der Waals surface area (Å²) in [6, 6.07) is 8.23. The number of hydrogen-bond acceptors (Lipinski definition) is 2. The number of hydrogen-bond donors (Lipinski definition) is 4. The molecule has 1 saturated heterocycles. The van der Waals surface area contributed by atoms with Gasteiger partial charge in [-0.05, 0) is 31.4 Å². The van der Waals surface area contributed by atoms with Gasteiger partial charge in [-0.1, -0.05) is 38.5 Å². The number of carbonyl (C=O) groups excluding carboxylic acids is 2. The van der Waals surface area contributed by atoms with Gasteiger partial charge in [-0.25, -0.2) is 0 Å². The van der Waals surface area contributed by atoms with E-state index in [9.17, 15) is 9.59 Å². The molecule has 1 aromatic carbocycles. The minimum atomic E-state index is 0.0699. The van der Waals surface area contributed by atoms with Gasteiger partial charge in [-0.2, -0.15) is 0 Å². The maximum absolute atomic E-state index is 12.4. The summed E-state index contributed by atoms with van der Waals surface area (Å²) in [5, 5.41) is 6.13. The van der Waals surface area contributed by atoms with E-state index in [0.717, 1.165) is 51.1 Å². The van der Waals surface area contributed by atoms with Gasteiger partial charge in [0.1, 0.15) is 26.2 Å². The Hall–Kier alpha value is -1.92. The van der Waals surface area contributed by atoms with E-state index in [-0.39, 0.29) is 17.9 Å². The number of nitrogens with one attached hydrogen (secondary N) is 4. The molecule has 1 fully saturated rings. The maximum Gasteiger partial charge on any atom is 0.279 e. The molecule has 0 radical (unpaired) electrons. The summed E-state index contributed by atoms with van der Waals surface area (Å²) in [5.74, 6) is 0.212. The summed E-state index contributed by atoms with van der Waals surface area (Å²) >= 11 is 0. The lowest BCUT2D eigenvalue weighted by atomic mass is 10.1. The first kappa shape index (κ1) is 21.4. The molecule has 6 nitrogen and oxygen atoms in total. The normalized spacial score (nSPS) is 20.7. The number of carbonyl (C=O) groups is 2. The van der Waals surface area contributed by atoms with Gasteiger partial charge >= 0.3 is 0 Å². The standard InChI is InChI=1S/C21H34N4O2/c1-4-8-17(3)22-20(26)15-24-11-13-25(14-12-24)16-21(27)23-19-10-7-6-9-18(19)5-2/h6-7,9-10,17H,4-5,8,11-16H2,1-3H3,(H,22,26)(H,23,27)/p+2/t17-/m0/s1. The molecule has 150 valence electrons. The molecule has 0 aromatic heterocycles. The van der Waals surface area contributed by atoms with E-state index >= 15 is 0 Å². The minimum Gasteiger partial charge on any atom is -0.349 e. The quantitative estimate of drug-likeness (QED) is 0.459. The molecule has 1 aliphatic rings. The number of rotatable bonds is 9. The first-order chi connectivity index (χ1) is 13.0. The molecule has 2 rings (SSSR count). The van der Waals surface area contributed by atoms with E-state index in [2.05, 4.69) is 37.5 Å².